The highest BCUT2D eigenvalue weighted by atomic mass is 35.5. The fourth-order valence-electron chi connectivity index (χ4n) is 2.08. The Morgan fingerprint density at radius 1 is 1.39 bits per heavy atom. The van der Waals surface area contributed by atoms with Crippen LogP contribution in [0, 0.1) is 12.3 Å². The van der Waals surface area contributed by atoms with Crippen molar-refractivity contribution >= 4 is 23.6 Å². The number of halogens is 1. The van der Waals surface area contributed by atoms with Gasteiger partial charge in [-0.15, -0.1) is 6.42 Å². The van der Waals surface area contributed by atoms with Crippen LogP contribution in [0.3, 0.4) is 0 Å². The summed E-state index contributed by atoms with van der Waals surface area (Å²) in [5, 5.41) is 3.66. The monoisotopic (exact) mass is 256 g/mol. The molecule has 4 heteroatoms. The third kappa shape index (κ3) is 1.43. The van der Waals surface area contributed by atoms with E-state index >= 15 is 0 Å². The smallest absolute Gasteiger partial charge is 0.206 e. The molecular weight excluding hydrogens is 248 g/mol. The number of nitrogens with one attached hydrogen (secondary N) is 1. The van der Waals surface area contributed by atoms with E-state index in [1.54, 1.807) is 24.7 Å². The summed E-state index contributed by atoms with van der Waals surface area (Å²) in [6.07, 6.45) is 8.86. The molecule has 0 fully saturated rings. The zero-order chi connectivity index (χ0) is 12.6. The number of aliphatic imine (C=N–C) groups is 1. The largest absolute Gasteiger partial charge is 0.465 e. The molecule has 18 heavy (non-hydrogen) atoms. The van der Waals surface area contributed by atoms with Crippen LogP contribution in [-0.2, 0) is 5.54 Å². The molecule has 0 aliphatic carbocycles. The third-order valence-corrected chi connectivity index (χ3v) is 3.17. The van der Waals surface area contributed by atoms with Crippen molar-refractivity contribution < 1.29 is 4.42 Å². The van der Waals surface area contributed by atoms with Crippen LogP contribution in [0.4, 0.5) is 5.69 Å². The van der Waals surface area contributed by atoms with Crippen LogP contribution in [0.2, 0.25) is 5.02 Å². The highest BCUT2D eigenvalue weighted by molar-refractivity contribution is 6.30. The summed E-state index contributed by atoms with van der Waals surface area (Å²) >= 11 is 6.04. The summed E-state index contributed by atoms with van der Waals surface area (Å²) in [6.45, 7) is 0. The molecule has 1 unspecified atom stereocenters. The molecule has 0 saturated carbocycles. The van der Waals surface area contributed by atoms with Crippen molar-refractivity contribution in [2.75, 3.05) is 5.32 Å². The van der Waals surface area contributed by atoms with Gasteiger partial charge in [0.1, 0.15) is 5.76 Å². The van der Waals surface area contributed by atoms with Crippen LogP contribution < -0.4 is 5.32 Å². The minimum atomic E-state index is -0.949. The Balaban J connectivity index is 2.30. The second-order valence-corrected chi connectivity index (χ2v) is 4.36. The summed E-state index contributed by atoms with van der Waals surface area (Å²) in [5.74, 6) is 3.32. The predicted molar refractivity (Wildman–Crippen MR) is 71.9 cm³/mol. The van der Waals surface area contributed by atoms with Crippen LogP contribution in [-0.4, -0.2) is 6.34 Å². The fourth-order valence-corrected chi connectivity index (χ4v) is 2.25. The Kier molecular flexibility index (Phi) is 2.39. The van der Waals surface area contributed by atoms with Gasteiger partial charge < -0.3 is 9.73 Å². The summed E-state index contributed by atoms with van der Waals surface area (Å²) in [7, 11) is 0. The lowest BCUT2D eigenvalue weighted by Gasteiger charge is -2.28. The number of anilines is 1. The van der Waals surface area contributed by atoms with Gasteiger partial charge in [-0.2, -0.15) is 0 Å². The number of benzene rings is 1. The van der Waals surface area contributed by atoms with Gasteiger partial charge in [0.15, 0.2) is 0 Å². The number of rotatable bonds is 1. The molecule has 0 bridgehead atoms. The maximum Gasteiger partial charge on any atom is 0.206 e. The first-order valence-electron chi connectivity index (χ1n) is 5.38. The minimum absolute atomic E-state index is 0.603. The fraction of sp³-hybridized carbons (Fsp3) is 0.0714. The van der Waals surface area contributed by atoms with Crippen molar-refractivity contribution in [2.45, 2.75) is 5.54 Å². The summed E-state index contributed by atoms with van der Waals surface area (Å²) < 4.78 is 5.44. The topological polar surface area (TPSA) is 37.5 Å². The molecule has 2 aromatic rings. The van der Waals surface area contributed by atoms with Crippen molar-refractivity contribution in [2.24, 2.45) is 4.99 Å². The highest BCUT2D eigenvalue weighted by Gasteiger charge is 2.38. The molecule has 0 radical (unpaired) electrons. The Morgan fingerprint density at radius 2 is 2.28 bits per heavy atom. The lowest BCUT2D eigenvalue weighted by molar-refractivity contribution is 0.453. The van der Waals surface area contributed by atoms with E-state index in [1.807, 2.05) is 18.2 Å². The second kappa shape index (κ2) is 3.94. The molecule has 1 N–H and O–H groups in total. The Labute approximate surface area is 109 Å². The number of hydrogen-bond donors (Lipinski definition) is 1. The van der Waals surface area contributed by atoms with Gasteiger partial charge >= 0.3 is 0 Å². The van der Waals surface area contributed by atoms with Gasteiger partial charge in [-0.3, -0.25) is 0 Å². The molecule has 1 atom stereocenters. The van der Waals surface area contributed by atoms with E-state index in [9.17, 15) is 0 Å². The van der Waals surface area contributed by atoms with Gasteiger partial charge in [-0.05, 0) is 30.3 Å². The minimum Gasteiger partial charge on any atom is -0.465 e. The predicted octanol–water partition coefficient (Wildman–Crippen LogP) is 3.26. The molecule has 3 rings (SSSR count). The van der Waals surface area contributed by atoms with E-state index in [-0.39, 0.29) is 0 Å². The van der Waals surface area contributed by atoms with Crippen LogP contribution in [0.1, 0.15) is 11.3 Å². The average molecular weight is 257 g/mol. The number of hydrogen-bond acceptors (Lipinski definition) is 3. The Hall–Kier alpha value is -2.18. The molecule has 0 saturated heterocycles. The highest BCUT2D eigenvalue weighted by Crippen LogP contribution is 2.40. The van der Waals surface area contributed by atoms with Crippen LogP contribution in [0.15, 0.2) is 46.0 Å². The molecule has 1 aromatic heterocycles. The van der Waals surface area contributed by atoms with Crippen molar-refractivity contribution in [1.29, 1.82) is 0 Å². The number of fused-ring (bicyclic) bond motifs is 1. The van der Waals surface area contributed by atoms with Crippen LogP contribution >= 0.6 is 11.6 Å². The SMILES string of the molecule is C#CC1(c2ccco2)N=CNc2ccc(Cl)cc21. The van der Waals surface area contributed by atoms with E-state index in [1.165, 1.54) is 0 Å². The molecule has 1 aliphatic heterocycles. The van der Waals surface area contributed by atoms with Gasteiger partial charge in [-0.25, -0.2) is 4.99 Å². The summed E-state index contributed by atoms with van der Waals surface area (Å²) in [6, 6.07) is 9.08. The normalized spacial score (nSPS) is 20.9. The van der Waals surface area contributed by atoms with Crippen molar-refractivity contribution in [3.8, 4) is 12.3 Å². The summed E-state index contributed by atoms with van der Waals surface area (Å²) in [4.78, 5) is 4.38. The van der Waals surface area contributed by atoms with Gasteiger partial charge in [0.2, 0.25) is 5.54 Å². The Bertz CT molecular complexity index is 655. The second-order valence-electron chi connectivity index (χ2n) is 3.92. The van der Waals surface area contributed by atoms with Gasteiger partial charge in [0, 0.05) is 16.3 Å². The van der Waals surface area contributed by atoms with Gasteiger partial charge in [0.05, 0.1) is 12.6 Å². The first-order chi connectivity index (χ1) is 8.76. The standard InChI is InChI=1S/C14H9ClN2O/c1-2-14(13-4-3-7-18-13)11-8-10(15)5-6-12(11)16-9-17-14/h1,3-9H,(H,16,17). The zero-order valence-corrected chi connectivity index (χ0v) is 10.1. The lowest BCUT2D eigenvalue weighted by atomic mass is 9.86. The quantitative estimate of drug-likeness (QED) is 0.795. The number of furan rings is 1. The Morgan fingerprint density at radius 3 is 3.00 bits per heavy atom. The first kappa shape index (κ1) is 10.9. The molecule has 1 aliphatic rings. The van der Waals surface area contributed by atoms with Crippen molar-refractivity contribution in [3.05, 3.63) is 52.9 Å². The van der Waals surface area contributed by atoms with Crippen LogP contribution in [0.25, 0.3) is 0 Å². The number of nitrogens with zero attached hydrogens (tertiary/aromatic N) is 1. The zero-order valence-electron chi connectivity index (χ0n) is 9.35. The third-order valence-electron chi connectivity index (χ3n) is 2.94. The van der Waals surface area contributed by atoms with E-state index in [0.717, 1.165) is 11.3 Å². The maximum atomic E-state index is 6.04. The molecule has 88 valence electrons. The molecule has 0 amide bonds. The first-order valence-corrected chi connectivity index (χ1v) is 5.76. The average Bonchev–Trinajstić information content (AvgIpc) is 2.92. The molecule has 1 aromatic carbocycles. The van der Waals surface area contributed by atoms with Gasteiger partial charge in [0.25, 0.3) is 0 Å². The van der Waals surface area contributed by atoms with Gasteiger partial charge in [-0.1, -0.05) is 17.5 Å². The van der Waals surface area contributed by atoms with E-state index in [2.05, 4.69) is 16.2 Å². The van der Waals surface area contributed by atoms with Crippen LogP contribution in [0.5, 0.6) is 0 Å². The maximum absolute atomic E-state index is 6.04. The van der Waals surface area contributed by atoms with Crippen molar-refractivity contribution in [3.63, 3.8) is 0 Å². The van der Waals surface area contributed by atoms with E-state index < -0.39 is 5.54 Å². The molecule has 0 spiro atoms. The molecular formula is C14H9ClN2O. The lowest BCUT2D eigenvalue weighted by Crippen LogP contribution is -2.28. The van der Waals surface area contributed by atoms with E-state index in [0.29, 0.717) is 10.8 Å². The number of terminal acetylenes is 1. The molecule has 2 heterocycles. The summed E-state index contributed by atoms with van der Waals surface area (Å²) in [5.41, 5.74) is 0.744. The molecule has 3 nitrogen and oxygen atoms in total. The van der Waals surface area contributed by atoms with E-state index in [4.69, 9.17) is 22.4 Å². The van der Waals surface area contributed by atoms with Crippen molar-refractivity contribution in [1.82, 2.24) is 0 Å².